The molecule has 1 aliphatic heterocycles. The Morgan fingerprint density at radius 3 is 2.45 bits per heavy atom. The molecule has 1 aliphatic rings. The third-order valence-electron chi connectivity index (χ3n) is 5.37. The van der Waals surface area contributed by atoms with E-state index in [2.05, 4.69) is 4.99 Å². The Morgan fingerprint density at radius 1 is 1.03 bits per heavy atom. The van der Waals surface area contributed by atoms with Crippen molar-refractivity contribution in [2.24, 2.45) is 12.0 Å². The molecule has 0 fully saturated rings. The minimum Gasteiger partial charge on any atom is -0.493 e. The quantitative estimate of drug-likeness (QED) is 0.487. The van der Waals surface area contributed by atoms with E-state index in [0.717, 1.165) is 11.3 Å². The molecule has 0 radical (unpaired) electrons. The van der Waals surface area contributed by atoms with Crippen LogP contribution in [0.3, 0.4) is 0 Å². The zero-order chi connectivity index (χ0) is 21.9. The number of carbonyl (C=O) groups excluding carboxylic acids is 1. The summed E-state index contributed by atoms with van der Waals surface area (Å²) in [7, 11) is 1.77. The molecule has 0 saturated heterocycles. The van der Waals surface area contributed by atoms with Crippen LogP contribution in [0.25, 0.3) is 16.9 Å². The van der Waals surface area contributed by atoms with Gasteiger partial charge < -0.3 is 5.11 Å². The Bertz CT molecular complexity index is 1620. The first-order chi connectivity index (χ1) is 14.9. The number of aromatic nitrogens is 3. The van der Waals surface area contributed by atoms with Gasteiger partial charge in [0.25, 0.3) is 11.5 Å². The highest BCUT2D eigenvalue weighted by Crippen LogP contribution is 2.35. The van der Waals surface area contributed by atoms with Crippen LogP contribution < -0.4 is 16.1 Å². The summed E-state index contributed by atoms with van der Waals surface area (Å²) < 4.78 is 4.84. The summed E-state index contributed by atoms with van der Waals surface area (Å²) in [6, 6.07) is 16.3. The summed E-state index contributed by atoms with van der Waals surface area (Å²) >= 11 is 6.59. The second-order valence-electron chi connectivity index (χ2n) is 7.08. The van der Waals surface area contributed by atoms with Crippen LogP contribution in [0.5, 0.6) is 5.88 Å². The number of thiazole rings is 1. The smallest absolute Gasteiger partial charge is 0.296 e. The summed E-state index contributed by atoms with van der Waals surface area (Å²) in [5.41, 5.74) is 1.53. The lowest BCUT2D eigenvalue weighted by Crippen LogP contribution is -2.22. The van der Waals surface area contributed by atoms with Crippen molar-refractivity contribution in [2.75, 3.05) is 0 Å². The molecule has 154 valence electrons. The van der Waals surface area contributed by atoms with E-state index in [9.17, 15) is 14.7 Å². The van der Waals surface area contributed by atoms with Gasteiger partial charge in [-0.1, -0.05) is 36.4 Å². The number of hydrogen-bond donors (Lipinski definition) is 1. The van der Waals surface area contributed by atoms with E-state index in [0.29, 0.717) is 32.4 Å². The fourth-order valence-corrected chi connectivity index (χ4v) is 5.17. The van der Waals surface area contributed by atoms with Crippen molar-refractivity contribution < 1.29 is 9.90 Å². The van der Waals surface area contributed by atoms with Crippen molar-refractivity contribution in [2.45, 2.75) is 6.92 Å². The number of amides is 1. The van der Waals surface area contributed by atoms with Crippen LogP contribution in [0.4, 0.5) is 0 Å². The maximum Gasteiger partial charge on any atom is 0.296 e. The van der Waals surface area contributed by atoms with Gasteiger partial charge in [0.1, 0.15) is 10.6 Å². The molecule has 0 atom stereocenters. The fourth-order valence-electron chi connectivity index (χ4n) is 3.82. The van der Waals surface area contributed by atoms with Gasteiger partial charge in [-0.15, -0.1) is 11.3 Å². The minimum absolute atomic E-state index is 0.240. The van der Waals surface area contributed by atoms with E-state index < -0.39 is 5.91 Å². The van der Waals surface area contributed by atoms with Gasteiger partial charge in [-0.2, -0.15) is 0 Å². The third kappa shape index (κ3) is 2.77. The Labute approximate surface area is 185 Å². The number of rotatable bonds is 3. The molecule has 1 N–H and O–H groups in total. The summed E-state index contributed by atoms with van der Waals surface area (Å²) in [6.45, 7) is 1.78. The van der Waals surface area contributed by atoms with E-state index >= 15 is 0 Å². The molecule has 5 rings (SSSR count). The molecule has 0 saturated carbocycles. The number of aromatic hydroxyl groups is 1. The normalized spacial score (nSPS) is 12.8. The molecule has 2 aromatic carbocycles. The van der Waals surface area contributed by atoms with Crippen LogP contribution in [-0.2, 0) is 11.8 Å². The van der Waals surface area contributed by atoms with Crippen molar-refractivity contribution >= 4 is 35.0 Å². The number of fused-ring (bicyclic) bond motifs is 1. The standard InChI is InChI=1S/C22H16N4O3S2/c1-12-17(20(28)26(24(12)2)13-8-4-3-5-9-13)25-21(29)18(31-22(25)30)16-14-10-6-7-11-15(14)23-19(16)27/h3-11,29H,1-2H3. The largest absolute Gasteiger partial charge is 0.493 e. The van der Waals surface area contributed by atoms with Crippen LogP contribution in [0, 0.1) is 10.9 Å². The summed E-state index contributed by atoms with van der Waals surface area (Å²) in [5.74, 6) is -0.678. The Kier molecular flexibility index (Phi) is 4.38. The van der Waals surface area contributed by atoms with Crippen molar-refractivity contribution in [1.82, 2.24) is 13.9 Å². The Morgan fingerprint density at radius 2 is 1.71 bits per heavy atom. The Balaban J connectivity index is 1.79. The Hall–Kier alpha value is -3.56. The number of para-hydroxylation sites is 2. The second kappa shape index (κ2) is 7.00. The highest BCUT2D eigenvalue weighted by molar-refractivity contribution is 7.73. The van der Waals surface area contributed by atoms with Gasteiger partial charge in [-0.25, -0.2) is 9.67 Å². The molecule has 2 aromatic heterocycles. The molecule has 3 heterocycles. The molecule has 0 bridgehead atoms. The van der Waals surface area contributed by atoms with Gasteiger partial charge in [0.15, 0.2) is 3.95 Å². The monoisotopic (exact) mass is 448 g/mol. The zero-order valence-corrected chi connectivity index (χ0v) is 18.2. The van der Waals surface area contributed by atoms with Crippen LogP contribution in [-0.4, -0.2) is 24.9 Å². The van der Waals surface area contributed by atoms with Gasteiger partial charge in [0, 0.05) is 12.3 Å². The summed E-state index contributed by atoms with van der Waals surface area (Å²) in [4.78, 5) is 30.3. The van der Waals surface area contributed by atoms with Gasteiger partial charge in [0.05, 0.1) is 22.3 Å². The van der Waals surface area contributed by atoms with E-state index in [1.54, 1.807) is 42.9 Å². The van der Waals surface area contributed by atoms with Crippen LogP contribution in [0.2, 0.25) is 0 Å². The van der Waals surface area contributed by atoms with Crippen LogP contribution in [0.1, 0.15) is 10.6 Å². The highest BCUT2D eigenvalue weighted by atomic mass is 32.1. The molecular weight excluding hydrogens is 432 g/mol. The number of benzene rings is 2. The van der Waals surface area contributed by atoms with Gasteiger partial charge in [-0.3, -0.25) is 18.8 Å². The average Bonchev–Trinajstić information content (AvgIpc) is 3.31. The van der Waals surface area contributed by atoms with E-state index in [1.165, 1.54) is 9.25 Å². The molecule has 4 aromatic rings. The molecule has 0 aliphatic carbocycles. The second-order valence-corrected chi connectivity index (χ2v) is 8.72. The van der Waals surface area contributed by atoms with Gasteiger partial charge in [0.2, 0.25) is 5.88 Å². The molecule has 0 spiro atoms. The van der Waals surface area contributed by atoms with Gasteiger partial charge in [-0.05, 0) is 37.3 Å². The first-order valence-electron chi connectivity index (χ1n) is 9.42. The number of carbonyl (C=O) groups is 1. The molecule has 31 heavy (non-hydrogen) atoms. The lowest BCUT2D eigenvalue weighted by molar-refractivity contribution is -0.112. The molecular formula is C22H16N4O3S2. The number of hydrogen-bond acceptors (Lipinski definition) is 5. The molecule has 1 amide bonds. The summed E-state index contributed by atoms with van der Waals surface area (Å²) in [5, 5.41) is 12.3. The minimum atomic E-state index is -0.439. The maximum atomic E-state index is 13.4. The lowest BCUT2D eigenvalue weighted by atomic mass is 10.1. The van der Waals surface area contributed by atoms with E-state index in [4.69, 9.17) is 12.2 Å². The first kappa shape index (κ1) is 19.4. The van der Waals surface area contributed by atoms with Crippen LogP contribution >= 0.6 is 23.6 Å². The highest BCUT2D eigenvalue weighted by Gasteiger charge is 2.28. The zero-order valence-electron chi connectivity index (χ0n) is 16.6. The van der Waals surface area contributed by atoms with E-state index in [-0.39, 0.29) is 21.1 Å². The SMILES string of the molecule is Cc1c(-n2c(O)c(C3=c4ccccc4=NC3=O)sc2=S)c(=O)n(-c2ccccc2)n1C. The number of nitrogens with zero attached hydrogens (tertiary/aromatic N) is 4. The molecule has 0 unspecified atom stereocenters. The van der Waals surface area contributed by atoms with Crippen molar-refractivity contribution in [3.63, 3.8) is 0 Å². The topological polar surface area (TPSA) is 81.5 Å². The average molecular weight is 449 g/mol. The predicted molar refractivity (Wildman–Crippen MR) is 120 cm³/mol. The third-order valence-corrected chi connectivity index (χ3v) is 6.75. The maximum absolute atomic E-state index is 13.4. The summed E-state index contributed by atoms with van der Waals surface area (Å²) in [6.07, 6.45) is 0. The van der Waals surface area contributed by atoms with Crippen molar-refractivity contribution in [3.05, 3.63) is 90.1 Å². The first-order valence-corrected chi connectivity index (χ1v) is 10.6. The van der Waals surface area contributed by atoms with Crippen LogP contribution in [0.15, 0.2) is 64.4 Å². The fraction of sp³-hybridized carbons (Fsp3) is 0.0909. The predicted octanol–water partition coefficient (Wildman–Crippen LogP) is 2.13. The lowest BCUT2D eigenvalue weighted by Gasteiger charge is -2.07. The van der Waals surface area contributed by atoms with Crippen molar-refractivity contribution in [3.8, 4) is 17.3 Å². The molecule has 9 heteroatoms. The van der Waals surface area contributed by atoms with E-state index in [1.807, 2.05) is 30.3 Å². The molecule has 7 nitrogen and oxygen atoms in total. The van der Waals surface area contributed by atoms with Gasteiger partial charge >= 0.3 is 0 Å². The van der Waals surface area contributed by atoms with Crippen molar-refractivity contribution in [1.29, 1.82) is 0 Å².